The molecule has 2 heterocycles. The van der Waals surface area contributed by atoms with Crippen LogP contribution >= 0.6 is 33.4 Å². The number of hydrogen-bond acceptors (Lipinski definition) is 4. The molecule has 0 bridgehead atoms. The Hall–Kier alpha value is -0.650. The fourth-order valence-electron chi connectivity index (χ4n) is 1.21. The van der Waals surface area contributed by atoms with Crippen molar-refractivity contribution in [1.82, 2.24) is 14.7 Å². The van der Waals surface area contributed by atoms with Gasteiger partial charge in [-0.2, -0.15) is 4.72 Å². The molecule has 0 unspecified atom stereocenters. The van der Waals surface area contributed by atoms with Gasteiger partial charge in [0.1, 0.15) is 0 Å². The van der Waals surface area contributed by atoms with Crippen molar-refractivity contribution >= 4 is 50.2 Å². The second-order valence-electron chi connectivity index (χ2n) is 2.73. The van der Waals surface area contributed by atoms with E-state index in [9.17, 15) is 0 Å². The van der Waals surface area contributed by atoms with E-state index >= 15 is 0 Å². The maximum Gasteiger partial charge on any atom is 0.195 e. The lowest BCUT2D eigenvalue weighted by Crippen LogP contribution is -1.89. The Bertz CT molecular complexity index is 517. The van der Waals surface area contributed by atoms with Crippen LogP contribution in [-0.2, 0) is 0 Å². The molecule has 1 aromatic heterocycles. The molecule has 0 saturated heterocycles. The van der Waals surface area contributed by atoms with Crippen molar-refractivity contribution in [2.45, 2.75) is 5.03 Å². The first-order chi connectivity index (χ1) is 6.83. The fourth-order valence-corrected chi connectivity index (χ4v) is 2.91. The Kier molecular flexibility index (Phi) is 1.97. The van der Waals surface area contributed by atoms with Gasteiger partial charge in [-0.1, -0.05) is 11.6 Å². The van der Waals surface area contributed by atoms with Crippen molar-refractivity contribution < 1.29 is 0 Å². The summed E-state index contributed by atoms with van der Waals surface area (Å²) in [5.41, 5.74) is 1.65. The van der Waals surface area contributed by atoms with Gasteiger partial charge in [0, 0.05) is 5.02 Å². The SMILES string of the molecule is Clc1ccc2nc3c(nc2c1)SS[N]3. The van der Waals surface area contributed by atoms with Gasteiger partial charge in [-0.05, 0) is 29.0 Å². The summed E-state index contributed by atoms with van der Waals surface area (Å²) in [6.07, 6.45) is 0. The van der Waals surface area contributed by atoms with Crippen LogP contribution in [-0.4, -0.2) is 9.97 Å². The van der Waals surface area contributed by atoms with Crippen LogP contribution < -0.4 is 4.72 Å². The van der Waals surface area contributed by atoms with Gasteiger partial charge in [0.25, 0.3) is 0 Å². The molecule has 0 saturated carbocycles. The maximum absolute atomic E-state index is 5.87. The number of hydrogen-bond donors (Lipinski definition) is 0. The molecule has 0 atom stereocenters. The summed E-state index contributed by atoms with van der Waals surface area (Å²) in [5.74, 6) is 0.717. The lowest BCUT2D eigenvalue weighted by atomic mass is 10.3. The molecule has 6 heteroatoms. The predicted octanol–water partition coefficient (Wildman–Crippen LogP) is 3.19. The van der Waals surface area contributed by atoms with Crippen LogP contribution in [0.3, 0.4) is 0 Å². The van der Waals surface area contributed by atoms with E-state index in [1.165, 1.54) is 21.8 Å². The third kappa shape index (κ3) is 1.32. The molecular weight excluding hydrogens is 238 g/mol. The van der Waals surface area contributed by atoms with Gasteiger partial charge in [0.15, 0.2) is 10.8 Å². The van der Waals surface area contributed by atoms with Crippen molar-refractivity contribution in [2.24, 2.45) is 0 Å². The molecule has 1 aliphatic heterocycles. The summed E-state index contributed by atoms with van der Waals surface area (Å²) in [6, 6.07) is 5.47. The van der Waals surface area contributed by atoms with Gasteiger partial charge in [0.05, 0.1) is 22.0 Å². The molecule has 0 amide bonds. The van der Waals surface area contributed by atoms with Gasteiger partial charge in [-0.15, -0.1) is 0 Å². The van der Waals surface area contributed by atoms with Crippen molar-refractivity contribution in [3.05, 3.63) is 23.2 Å². The standard InChI is InChI=1S/C8H3ClN3S2/c9-4-1-2-5-6(3-4)11-8-7(10-5)12-14-13-8/h1-3H. The van der Waals surface area contributed by atoms with E-state index in [0.29, 0.717) is 5.02 Å². The number of fused-ring (bicyclic) bond motifs is 2. The molecule has 3 rings (SSSR count). The summed E-state index contributed by atoms with van der Waals surface area (Å²) in [4.78, 5) is 8.79. The van der Waals surface area contributed by atoms with E-state index in [2.05, 4.69) is 14.7 Å². The predicted molar refractivity (Wildman–Crippen MR) is 59.8 cm³/mol. The molecule has 1 aliphatic rings. The molecule has 0 N–H and O–H groups in total. The second kappa shape index (κ2) is 3.18. The molecule has 0 spiro atoms. The monoisotopic (exact) mass is 240 g/mol. The smallest absolute Gasteiger partial charge is 0.195 e. The highest BCUT2D eigenvalue weighted by molar-refractivity contribution is 8.76. The molecule has 0 fully saturated rings. The number of aromatic nitrogens is 2. The zero-order valence-corrected chi connectivity index (χ0v) is 9.16. The molecule has 14 heavy (non-hydrogen) atoms. The Morgan fingerprint density at radius 2 is 2.07 bits per heavy atom. The van der Waals surface area contributed by atoms with Crippen LogP contribution in [0, 0.1) is 0 Å². The molecule has 0 aliphatic carbocycles. The number of nitrogens with zero attached hydrogens (tertiary/aromatic N) is 3. The van der Waals surface area contributed by atoms with Crippen molar-refractivity contribution in [3.63, 3.8) is 0 Å². The average Bonchev–Trinajstić information content (AvgIpc) is 2.61. The lowest BCUT2D eigenvalue weighted by Gasteiger charge is -1.99. The number of halogens is 1. The zero-order valence-electron chi connectivity index (χ0n) is 6.77. The van der Waals surface area contributed by atoms with E-state index in [1.807, 2.05) is 12.1 Å². The van der Waals surface area contributed by atoms with Gasteiger partial charge < -0.3 is 0 Å². The highest BCUT2D eigenvalue weighted by atomic mass is 35.5. The summed E-state index contributed by atoms with van der Waals surface area (Å²) in [7, 11) is 2.92. The third-order valence-electron chi connectivity index (χ3n) is 1.82. The van der Waals surface area contributed by atoms with Gasteiger partial charge in [0.2, 0.25) is 0 Å². The summed E-state index contributed by atoms with van der Waals surface area (Å²) >= 11 is 5.87. The van der Waals surface area contributed by atoms with E-state index in [4.69, 9.17) is 11.6 Å². The minimum Gasteiger partial charge on any atom is -0.235 e. The molecule has 2 aromatic rings. The van der Waals surface area contributed by atoms with E-state index in [1.54, 1.807) is 6.07 Å². The first-order valence-corrected chi connectivity index (χ1v) is 6.33. The normalized spacial score (nSPS) is 14.1. The molecule has 69 valence electrons. The van der Waals surface area contributed by atoms with Crippen LogP contribution in [0.1, 0.15) is 0 Å². The maximum atomic E-state index is 5.87. The first-order valence-electron chi connectivity index (χ1n) is 3.85. The van der Waals surface area contributed by atoms with Crippen molar-refractivity contribution in [3.8, 4) is 0 Å². The van der Waals surface area contributed by atoms with Crippen LogP contribution in [0.5, 0.6) is 0 Å². The fraction of sp³-hybridized carbons (Fsp3) is 0. The Labute approximate surface area is 93.2 Å². The highest BCUT2D eigenvalue weighted by Gasteiger charge is 2.18. The van der Waals surface area contributed by atoms with Gasteiger partial charge in [-0.3, -0.25) is 0 Å². The molecule has 1 aromatic carbocycles. The number of rotatable bonds is 0. The van der Waals surface area contributed by atoms with Gasteiger partial charge >= 0.3 is 0 Å². The zero-order chi connectivity index (χ0) is 9.54. The summed E-state index contributed by atoms with van der Waals surface area (Å²) < 4.78 is 4.14. The second-order valence-corrected chi connectivity index (χ2v) is 5.00. The average molecular weight is 241 g/mol. The minimum atomic E-state index is 0.680. The third-order valence-corrected chi connectivity index (χ3v) is 3.73. The highest BCUT2D eigenvalue weighted by Crippen LogP contribution is 2.42. The Morgan fingerprint density at radius 3 is 3.00 bits per heavy atom. The molecule has 1 radical (unpaired) electrons. The van der Waals surface area contributed by atoms with E-state index in [0.717, 1.165) is 21.9 Å². The lowest BCUT2D eigenvalue weighted by molar-refractivity contribution is 1.08. The van der Waals surface area contributed by atoms with Crippen LogP contribution in [0.2, 0.25) is 5.02 Å². The Balaban J connectivity index is 2.33. The minimum absolute atomic E-state index is 0.680. The molecule has 3 nitrogen and oxygen atoms in total. The van der Waals surface area contributed by atoms with Crippen LogP contribution in [0.25, 0.3) is 11.0 Å². The van der Waals surface area contributed by atoms with E-state index in [-0.39, 0.29) is 0 Å². The summed E-state index contributed by atoms with van der Waals surface area (Å²) in [6.45, 7) is 0. The van der Waals surface area contributed by atoms with Crippen molar-refractivity contribution in [1.29, 1.82) is 0 Å². The topological polar surface area (TPSA) is 39.9 Å². The Morgan fingerprint density at radius 1 is 1.14 bits per heavy atom. The van der Waals surface area contributed by atoms with Crippen LogP contribution in [0.4, 0.5) is 5.82 Å². The number of benzene rings is 1. The quantitative estimate of drug-likeness (QED) is 0.524. The van der Waals surface area contributed by atoms with E-state index < -0.39 is 0 Å². The summed E-state index contributed by atoms with van der Waals surface area (Å²) in [5, 5.41) is 1.55. The van der Waals surface area contributed by atoms with Crippen LogP contribution in [0.15, 0.2) is 23.2 Å². The first kappa shape index (κ1) is 8.64. The largest absolute Gasteiger partial charge is 0.235 e. The van der Waals surface area contributed by atoms with Gasteiger partial charge in [-0.25, -0.2) is 9.97 Å². The molecular formula is C8H3ClN3S2. The van der Waals surface area contributed by atoms with Crippen molar-refractivity contribution in [2.75, 3.05) is 0 Å².